The highest BCUT2D eigenvalue weighted by molar-refractivity contribution is 9.10. The molecule has 2 N–H and O–H groups in total. The lowest BCUT2D eigenvalue weighted by Gasteiger charge is -2.20. The first-order valence-corrected chi connectivity index (χ1v) is 6.65. The van der Waals surface area contributed by atoms with Crippen molar-refractivity contribution in [2.24, 2.45) is 5.92 Å². The van der Waals surface area contributed by atoms with Crippen LogP contribution < -0.4 is 5.32 Å². The molecule has 0 saturated carbocycles. The molecule has 2 atom stereocenters. The second-order valence-corrected chi connectivity index (χ2v) is 5.17. The molecule has 0 spiro atoms. The third kappa shape index (κ3) is 4.07. The van der Waals surface area contributed by atoms with Crippen molar-refractivity contribution in [1.82, 2.24) is 5.32 Å². The van der Waals surface area contributed by atoms with E-state index in [-0.39, 0.29) is 11.7 Å². The van der Waals surface area contributed by atoms with Gasteiger partial charge in [0.1, 0.15) is 11.9 Å². The molecule has 0 bridgehead atoms. The average molecular weight is 318 g/mol. The van der Waals surface area contributed by atoms with Gasteiger partial charge in [-0.05, 0) is 29.7 Å². The van der Waals surface area contributed by atoms with Crippen LogP contribution in [0, 0.1) is 11.7 Å². The second-order valence-electron chi connectivity index (χ2n) is 4.32. The summed E-state index contributed by atoms with van der Waals surface area (Å²) in [5.74, 6) is -1.18. The average Bonchev–Trinajstić information content (AvgIpc) is 2.32. The van der Waals surface area contributed by atoms with E-state index in [4.69, 9.17) is 5.11 Å². The highest BCUT2D eigenvalue weighted by Crippen LogP contribution is 2.18. The summed E-state index contributed by atoms with van der Waals surface area (Å²) in [7, 11) is 0. The number of aliphatic carboxylic acids is 1. The van der Waals surface area contributed by atoms with Crippen molar-refractivity contribution in [2.75, 3.05) is 0 Å². The summed E-state index contributed by atoms with van der Waals surface area (Å²) in [5, 5.41) is 12.1. The van der Waals surface area contributed by atoms with Crippen LogP contribution in [0.2, 0.25) is 0 Å². The third-order valence-electron chi connectivity index (χ3n) is 3.00. The topological polar surface area (TPSA) is 49.3 Å². The van der Waals surface area contributed by atoms with Gasteiger partial charge in [-0.25, -0.2) is 4.39 Å². The minimum Gasteiger partial charge on any atom is -0.480 e. The van der Waals surface area contributed by atoms with Crippen LogP contribution in [0.25, 0.3) is 0 Å². The molecular formula is C13H17BrFNO2. The second kappa shape index (κ2) is 6.85. The zero-order valence-electron chi connectivity index (χ0n) is 10.4. The Bertz CT molecular complexity index is 425. The SMILES string of the molecule is CC[C@H](C)[C@H](NCc1cc(F)ccc1Br)C(=O)O. The number of carboxylic acids is 1. The third-order valence-corrected chi connectivity index (χ3v) is 3.77. The summed E-state index contributed by atoms with van der Waals surface area (Å²) < 4.78 is 13.9. The molecule has 0 saturated heterocycles. The predicted molar refractivity (Wildman–Crippen MR) is 71.8 cm³/mol. The van der Waals surface area contributed by atoms with Crippen LogP contribution in [-0.4, -0.2) is 17.1 Å². The van der Waals surface area contributed by atoms with Gasteiger partial charge >= 0.3 is 5.97 Å². The number of hydrogen-bond acceptors (Lipinski definition) is 2. The van der Waals surface area contributed by atoms with Crippen LogP contribution in [0.1, 0.15) is 25.8 Å². The molecule has 0 aromatic heterocycles. The molecule has 1 aromatic rings. The highest BCUT2D eigenvalue weighted by Gasteiger charge is 2.22. The van der Waals surface area contributed by atoms with Gasteiger partial charge in [0.25, 0.3) is 0 Å². The van der Waals surface area contributed by atoms with Gasteiger partial charge in [-0.2, -0.15) is 0 Å². The molecule has 0 aliphatic carbocycles. The Morgan fingerprint density at radius 1 is 1.56 bits per heavy atom. The molecule has 100 valence electrons. The Morgan fingerprint density at radius 3 is 2.78 bits per heavy atom. The largest absolute Gasteiger partial charge is 0.480 e. The van der Waals surface area contributed by atoms with Gasteiger partial charge in [0.2, 0.25) is 0 Å². The van der Waals surface area contributed by atoms with Crippen LogP contribution in [-0.2, 0) is 11.3 Å². The monoisotopic (exact) mass is 317 g/mol. The first-order chi connectivity index (χ1) is 8.45. The standard InChI is InChI=1S/C13H17BrFNO2/c1-3-8(2)12(13(17)18)16-7-9-6-10(15)4-5-11(9)14/h4-6,8,12,16H,3,7H2,1-2H3,(H,17,18)/t8-,12-/m0/s1. The molecule has 0 radical (unpaired) electrons. The van der Waals surface area contributed by atoms with Crippen LogP contribution in [0.5, 0.6) is 0 Å². The number of carbonyl (C=O) groups is 1. The van der Waals surface area contributed by atoms with Crippen LogP contribution in [0.15, 0.2) is 22.7 Å². The lowest BCUT2D eigenvalue weighted by atomic mass is 9.99. The Kier molecular flexibility index (Phi) is 5.75. The van der Waals surface area contributed by atoms with E-state index in [9.17, 15) is 9.18 Å². The number of carboxylic acid groups (broad SMARTS) is 1. The number of benzene rings is 1. The zero-order chi connectivity index (χ0) is 13.7. The van der Waals surface area contributed by atoms with Crippen LogP contribution in [0.4, 0.5) is 4.39 Å². The van der Waals surface area contributed by atoms with Crippen molar-refractivity contribution in [3.05, 3.63) is 34.1 Å². The summed E-state index contributed by atoms with van der Waals surface area (Å²) in [5.41, 5.74) is 0.713. The summed E-state index contributed by atoms with van der Waals surface area (Å²) in [6, 6.07) is 3.75. The first-order valence-electron chi connectivity index (χ1n) is 5.85. The highest BCUT2D eigenvalue weighted by atomic mass is 79.9. The van der Waals surface area contributed by atoms with E-state index >= 15 is 0 Å². The van der Waals surface area contributed by atoms with E-state index < -0.39 is 12.0 Å². The molecule has 18 heavy (non-hydrogen) atoms. The molecule has 1 rings (SSSR count). The Balaban J connectivity index is 2.73. The molecule has 0 amide bonds. The van der Waals surface area contributed by atoms with Gasteiger partial charge < -0.3 is 10.4 Å². The minimum absolute atomic E-state index is 0.0230. The van der Waals surface area contributed by atoms with Crippen molar-refractivity contribution in [1.29, 1.82) is 0 Å². The Hall–Kier alpha value is -0.940. The predicted octanol–water partition coefficient (Wildman–Crippen LogP) is 3.18. The van der Waals surface area contributed by atoms with E-state index in [0.29, 0.717) is 12.1 Å². The molecule has 0 aliphatic heterocycles. The molecule has 0 unspecified atom stereocenters. The van der Waals surface area contributed by atoms with Crippen LogP contribution in [0.3, 0.4) is 0 Å². The number of halogens is 2. The van der Waals surface area contributed by atoms with Gasteiger partial charge in [0.15, 0.2) is 0 Å². The smallest absolute Gasteiger partial charge is 0.320 e. The normalized spacial score (nSPS) is 14.2. The van der Waals surface area contributed by atoms with E-state index in [2.05, 4.69) is 21.2 Å². The summed E-state index contributed by atoms with van der Waals surface area (Å²) in [6.45, 7) is 4.15. The molecule has 3 nitrogen and oxygen atoms in total. The molecule has 0 aliphatic rings. The lowest BCUT2D eigenvalue weighted by Crippen LogP contribution is -2.41. The van der Waals surface area contributed by atoms with Crippen molar-refractivity contribution in [3.8, 4) is 0 Å². The van der Waals surface area contributed by atoms with Gasteiger partial charge in [0, 0.05) is 11.0 Å². The van der Waals surface area contributed by atoms with E-state index in [1.54, 1.807) is 6.07 Å². The molecular weight excluding hydrogens is 301 g/mol. The Morgan fingerprint density at radius 2 is 2.22 bits per heavy atom. The minimum atomic E-state index is -0.878. The van der Waals surface area contributed by atoms with Crippen molar-refractivity contribution >= 4 is 21.9 Å². The van der Waals surface area contributed by atoms with Crippen LogP contribution >= 0.6 is 15.9 Å². The number of hydrogen-bond donors (Lipinski definition) is 2. The number of nitrogens with one attached hydrogen (secondary N) is 1. The Labute approximate surface area is 115 Å². The fourth-order valence-corrected chi connectivity index (χ4v) is 2.05. The maximum absolute atomic E-state index is 13.1. The molecule has 1 aromatic carbocycles. The number of rotatable bonds is 6. The maximum Gasteiger partial charge on any atom is 0.320 e. The van der Waals surface area contributed by atoms with Crippen molar-refractivity contribution in [3.63, 3.8) is 0 Å². The maximum atomic E-state index is 13.1. The van der Waals surface area contributed by atoms with Gasteiger partial charge in [-0.15, -0.1) is 0 Å². The lowest BCUT2D eigenvalue weighted by molar-refractivity contribution is -0.140. The summed E-state index contributed by atoms with van der Waals surface area (Å²) >= 11 is 3.32. The van der Waals surface area contributed by atoms with Crippen molar-refractivity contribution < 1.29 is 14.3 Å². The summed E-state index contributed by atoms with van der Waals surface area (Å²) in [4.78, 5) is 11.1. The zero-order valence-corrected chi connectivity index (χ0v) is 12.0. The van der Waals surface area contributed by atoms with Gasteiger partial charge in [0.05, 0.1) is 0 Å². The molecule has 0 heterocycles. The summed E-state index contributed by atoms with van der Waals surface area (Å²) in [6.07, 6.45) is 0.772. The van der Waals surface area contributed by atoms with E-state index in [0.717, 1.165) is 10.9 Å². The molecule has 5 heteroatoms. The quantitative estimate of drug-likeness (QED) is 0.847. The van der Waals surface area contributed by atoms with Gasteiger partial charge in [-0.3, -0.25) is 4.79 Å². The van der Waals surface area contributed by atoms with E-state index in [1.807, 2.05) is 13.8 Å². The first kappa shape index (κ1) is 15.1. The van der Waals surface area contributed by atoms with Crippen molar-refractivity contribution in [2.45, 2.75) is 32.9 Å². The van der Waals surface area contributed by atoms with E-state index in [1.165, 1.54) is 12.1 Å². The van der Waals surface area contributed by atoms with Gasteiger partial charge in [-0.1, -0.05) is 36.2 Å². The molecule has 0 fully saturated rings. The fraction of sp³-hybridized carbons (Fsp3) is 0.462. The fourth-order valence-electron chi connectivity index (χ4n) is 1.67.